The minimum absolute atomic E-state index is 0.374. The summed E-state index contributed by atoms with van der Waals surface area (Å²) in [5, 5.41) is 3.52. The molecule has 0 aliphatic heterocycles. The first-order valence-corrected chi connectivity index (χ1v) is 5.53. The number of ether oxygens (including phenoxy) is 1. The number of rotatable bonds is 7. The van der Waals surface area contributed by atoms with Crippen molar-refractivity contribution in [1.29, 1.82) is 0 Å². The molecule has 2 nitrogen and oxygen atoms in total. The molecule has 2 heteroatoms. The van der Waals surface area contributed by atoms with Crippen molar-refractivity contribution in [2.75, 3.05) is 13.2 Å². The normalized spacial score (nSPS) is 19.4. The third-order valence-corrected chi connectivity index (χ3v) is 2.36. The Labute approximate surface area is 82.0 Å². The van der Waals surface area contributed by atoms with E-state index in [2.05, 4.69) is 26.1 Å². The van der Waals surface area contributed by atoms with Gasteiger partial charge in [-0.05, 0) is 45.6 Å². The summed E-state index contributed by atoms with van der Waals surface area (Å²) in [7, 11) is 0. The summed E-state index contributed by atoms with van der Waals surface area (Å²) < 4.78 is 5.55. The molecule has 1 unspecified atom stereocenters. The van der Waals surface area contributed by atoms with Crippen LogP contribution in [0, 0.1) is 5.92 Å². The van der Waals surface area contributed by atoms with E-state index in [0.29, 0.717) is 12.0 Å². The molecule has 1 rings (SSSR count). The molecule has 0 heterocycles. The summed E-state index contributed by atoms with van der Waals surface area (Å²) in [6, 6.07) is 0.846. The summed E-state index contributed by atoms with van der Waals surface area (Å²) in [6.07, 6.45) is 4.38. The van der Waals surface area contributed by atoms with Crippen molar-refractivity contribution < 1.29 is 4.74 Å². The fraction of sp³-hybridized carbons (Fsp3) is 1.00. The number of nitrogens with one attached hydrogen (secondary N) is 1. The Morgan fingerprint density at radius 3 is 2.54 bits per heavy atom. The van der Waals surface area contributed by atoms with Crippen molar-refractivity contribution in [3.05, 3.63) is 0 Å². The number of hydrogen-bond acceptors (Lipinski definition) is 2. The van der Waals surface area contributed by atoms with E-state index >= 15 is 0 Å². The van der Waals surface area contributed by atoms with Gasteiger partial charge >= 0.3 is 0 Å². The van der Waals surface area contributed by atoms with Crippen LogP contribution in [0.15, 0.2) is 0 Å². The second-order valence-corrected chi connectivity index (χ2v) is 4.50. The van der Waals surface area contributed by atoms with Crippen LogP contribution < -0.4 is 5.32 Å². The van der Waals surface area contributed by atoms with Crippen LogP contribution in [0.4, 0.5) is 0 Å². The molecular weight excluding hydrogens is 162 g/mol. The molecule has 13 heavy (non-hydrogen) atoms. The molecule has 1 saturated carbocycles. The van der Waals surface area contributed by atoms with Crippen molar-refractivity contribution in [2.24, 2.45) is 5.92 Å². The van der Waals surface area contributed by atoms with Crippen LogP contribution in [0.5, 0.6) is 0 Å². The molecule has 0 spiro atoms. The van der Waals surface area contributed by atoms with Crippen LogP contribution >= 0.6 is 0 Å². The Balaban J connectivity index is 1.87. The Hall–Kier alpha value is -0.0800. The second kappa shape index (κ2) is 5.61. The SMILES string of the molecule is CC(CCNC1CC1)COC(C)C. The first-order chi connectivity index (χ1) is 6.18. The lowest BCUT2D eigenvalue weighted by atomic mass is 10.1. The van der Waals surface area contributed by atoms with Gasteiger partial charge in [0.1, 0.15) is 0 Å². The van der Waals surface area contributed by atoms with E-state index in [-0.39, 0.29) is 0 Å². The quantitative estimate of drug-likeness (QED) is 0.656. The summed E-state index contributed by atoms with van der Waals surface area (Å²) in [5.41, 5.74) is 0. The van der Waals surface area contributed by atoms with Crippen molar-refractivity contribution in [3.8, 4) is 0 Å². The van der Waals surface area contributed by atoms with Gasteiger partial charge in [0, 0.05) is 12.6 Å². The first-order valence-electron chi connectivity index (χ1n) is 5.53. The van der Waals surface area contributed by atoms with Gasteiger partial charge in [0.05, 0.1) is 6.10 Å². The monoisotopic (exact) mass is 185 g/mol. The van der Waals surface area contributed by atoms with E-state index in [9.17, 15) is 0 Å². The van der Waals surface area contributed by atoms with E-state index in [1.807, 2.05) is 0 Å². The molecule has 0 radical (unpaired) electrons. The largest absolute Gasteiger partial charge is 0.379 e. The van der Waals surface area contributed by atoms with Crippen molar-refractivity contribution in [2.45, 2.75) is 52.2 Å². The van der Waals surface area contributed by atoms with E-state index < -0.39 is 0 Å². The molecule has 0 amide bonds. The fourth-order valence-electron chi connectivity index (χ4n) is 1.26. The first kappa shape index (κ1) is 11.0. The average Bonchev–Trinajstić information content (AvgIpc) is 2.84. The number of hydrogen-bond donors (Lipinski definition) is 1. The zero-order valence-corrected chi connectivity index (χ0v) is 9.18. The highest BCUT2D eigenvalue weighted by Crippen LogP contribution is 2.18. The summed E-state index contributed by atoms with van der Waals surface area (Å²) >= 11 is 0. The summed E-state index contributed by atoms with van der Waals surface area (Å²) in [6.45, 7) is 8.51. The van der Waals surface area contributed by atoms with E-state index in [4.69, 9.17) is 4.74 Å². The standard InChI is InChI=1S/C11H23NO/c1-9(2)13-8-10(3)6-7-12-11-4-5-11/h9-12H,4-8H2,1-3H3. The van der Waals surface area contributed by atoms with Crippen LogP contribution in [0.3, 0.4) is 0 Å². The van der Waals surface area contributed by atoms with Crippen molar-refractivity contribution in [3.63, 3.8) is 0 Å². The van der Waals surface area contributed by atoms with E-state index in [1.165, 1.54) is 19.3 Å². The van der Waals surface area contributed by atoms with Crippen LogP contribution in [0.2, 0.25) is 0 Å². The van der Waals surface area contributed by atoms with Gasteiger partial charge in [-0.1, -0.05) is 6.92 Å². The van der Waals surface area contributed by atoms with E-state index in [1.54, 1.807) is 0 Å². The van der Waals surface area contributed by atoms with Gasteiger partial charge < -0.3 is 10.1 Å². The molecule has 0 aromatic rings. The van der Waals surface area contributed by atoms with Gasteiger partial charge in [0.2, 0.25) is 0 Å². The third-order valence-electron chi connectivity index (χ3n) is 2.36. The lowest BCUT2D eigenvalue weighted by Gasteiger charge is -2.14. The Bertz CT molecular complexity index is 132. The Morgan fingerprint density at radius 2 is 2.00 bits per heavy atom. The maximum absolute atomic E-state index is 5.55. The van der Waals surface area contributed by atoms with Crippen LogP contribution in [0.1, 0.15) is 40.0 Å². The molecule has 1 fully saturated rings. The minimum Gasteiger partial charge on any atom is -0.379 e. The molecule has 1 atom stereocenters. The van der Waals surface area contributed by atoms with Gasteiger partial charge in [-0.2, -0.15) is 0 Å². The highest BCUT2D eigenvalue weighted by atomic mass is 16.5. The average molecular weight is 185 g/mol. The van der Waals surface area contributed by atoms with Crippen molar-refractivity contribution in [1.82, 2.24) is 5.32 Å². The lowest BCUT2D eigenvalue weighted by Crippen LogP contribution is -2.21. The molecule has 0 saturated heterocycles. The zero-order chi connectivity index (χ0) is 9.68. The molecule has 0 bridgehead atoms. The van der Waals surface area contributed by atoms with E-state index in [0.717, 1.165) is 19.2 Å². The molecule has 1 N–H and O–H groups in total. The molecule has 0 aromatic heterocycles. The summed E-state index contributed by atoms with van der Waals surface area (Å²) in [5.74, 6) is 0.689. The van der Waals surface area contributed by atoms with Crippen LogP contribution in [-0.4, -0.2) is 25.3 Å². The van der Waals surface area contributed by atoms with Crippen LogP contribution in [0.25, 0.3) is 0 Å². The van der Waals surface area contributed by atoms with Gasteiger partial charge in [-0.25, -0.2) is 0 Å². The van der Waals surface area contributed by atoms with Crippen molar-refractivity contribution >= 4 is 0 Å². The maximum Gasteiger partial charge on any atom is 0.0519 e. The smallest absolute Gasteiger partial charge is 0.0519 e. The van der Waals surface area contributed by atoms with Gasteiger partial charge in [-0.15, -0.1) is 0 Å². The summed E-state index contributed by atoms with van der Waals surface area (Å²) in [4.78, 5) is 0. The van der Waals surface area contributed by atoms with Gasteiger partial charge in [0.15, 0.2) is 0 Å². The lowest BCUT2D eigenvalue weighted by molar-refractivity contribution is 0.0534. The molecule has 1 aliphatic rings. The highest BCUT2D eigenvalue weighted by molar-refractivity contribution is 4.80. The molecule has 1 aliphatic carbocycles. The third kappa shape index (κ3) is 6.05. The van der Waals surface area contributed by atoms with Gasteiger partial charge in [-0.3, -0.25) is 0 Å². The predicted molar refractivity (Wildman–Crippen MR) is 55.9 cm³/mol. The fourth-order valence-corrected chi connectivity index (χ4v) is 1.26. The second-order valence-electron chi connectivity index (χ2n) is 4.50. The zero-order valence-electron chi connectivity index (χ0n) is 9.18. The minimum atomic E-state index is 0.374. The maximum atomic E-state index is 5.55. The molecular formula is C11H23NO. The topological polar surface area (TPSA) is 21.3 Å². The molecule has 0 aromatic carbocycles. The molecule has 78 valence electrons. The predicted octanol–water partition coefficient (Wildman–Crippen LogP) is 2.19. The van der Waals surface area contributed by atoms with Gasteiger partial charge in [0.25, 0.3) is 0 Å². The highest BCUT2D eigenvalue weighted by Gasteiger charge is 2.19. The van der Waals surface area contributed by atoms with Crippen LogP contribution in [-0.2, 0) is 4.74 Å². The Morgan fingerprint density at radius 1 is 1.31 bits per heavy atom. The Kier molecular flexibility index (Phi) is 4.74.